The molecule has 144 valence electrons. The first-order valence-corrected chi connectivity index (χ1v) is 9.99. The molecule has 0 amide bonds. The van der Waals surface area contributed by atoms with E-state index in [0.29, 0.717) is 5.56 Å². The number of aromatic nitrogens is 1. The predicted octanol–water partition coefficient (Wildman–Crippen LogP) is 6.23. The molecular formula is C27H21N2O+. The molecule has 5 rings (SSSR count). The molecule has 0 aliphatic carbocycles. The van der Waals surface area contributed by atoms with Crippen molar-refractivity contribution in [3.8, 4) is 28.5 Å². The number of para-hydroxylation sites is 1. The van der Waals surface area contributed by atoms with Gasteiger partial charge in [0.05, 0.1) is 17.2 Å². The molecule has 2 aromatic heterocycles. The third-order valence-electron chi connectivity index (χ3n) is 5.71. The average Bonchev–Trinajstić information content (AvgIpc) is 3.14. The van der Waals surface area contributed by atoms with Gasteiger partial charge in [-0.1, -0.05) is 48.5 Å². The highest BCUT2D eigenvalue weighted by molar-refractivity contribution is 6.15. The Balaban J connectivity index is 1.94. The molecule has 5 aromatic rings. The Labute approximate surface area is 175 Å². The normalized spacial score (nSPS) is 11.1. The van der Waals surface area contributed by atoms with Crippen molar-refractivity contribution < 1.29 is 8.98 Å². The summed E-state index contributed by atoms with van der Waals surface area (Å²) < 4.78 is 8.69. The summed E-state index contributed by atoms with van der Waals surface area (Å²) in [7, 11) is 2.05. The minimum Gasteiger partial charge on any atom is -0.454 e. The molecule has 0 radical (unpaired) electrons. The van der Waals surface area contributed by atoms with Crippen molar-refractivity contribution >= 4 is 21.9 Å². The SMILES string of the molecule is Cc1ccc(-c2c(C)cc(C#N)c3c2oc2c(-c4ccccc4)cccc23)[n+](C)c1. The van der Waals surface area contributed by atoms with Gasteiger partial charge in [-0.15, -0.1) is 0 Å². The van der Waals surface area contributed by atoms with Crippen molar-refractivity contribution in [3.05, 3.63) is 89.6 Å². The largest absolute Gasteiger partial charge is 0.454 e. The number of aryl methyl sites for hydroxylation is 3. The number of hydrogen-bond donors (Lipinski definition) is 0. The fourth-order valence-electron chi connectivity index (χ4n) is 4.36. The quantitative estimate of drug-likeness (QED) is 0.336. The Morgan fingerprint density at radius 3 is 2.43 bits per heavy atom. The van der Waals surface area contributed by atoms with E-state index < -0.39 is 0 Å². The lowest BCUT2D eigenvalue weighted by Gasteiger charge is -2.07. The number of rotatable bonds is 2. The number of nitriles is 1. The van der Waals surface area contributed by atoms with E-state index in [2.05, 4.69) is 54.1 Å². The number of pyridine rings is 1. The lowest BCUT2D eigenvalue weighted by molar-refractivity contribution is -0.660. The Morgan fingerprint density at radius 2 is 1.70 bits per heavy atom. The van der Waals surface area contributed by atoms with E-state index in [-0.39, 0.29) is 0 Å². The van der Waals surface area contributed by atoms with Gasteiger partial charge in [0.15, 0.2) is 11.8 Å². The second-order valence-corrected chi connectivity index (χ2v) is 7.78. The smallest absolute Gasteiger partial charge is 0.216 e. The summed E-state index contributed by atoms with van der Waals surface area (Å²) in [6.45, 7) is 4.12. The summed E-state index contributed by atoms with van der Waals surface area (Å²) in [6.07, 6.45) is 2.11. The van der Waals surface area contributed by atoms with Crippen molar-refractivity contribution in [1.82, 2.24) is 0 Å². The van der Waals surface area contributed by atoms with E-state index in [1.54, 1.807) is 0 Å². The van der Waals surface area contributed by atoms with Gasteiger partial charge in [-0.05, 0) is 37.1 Å². The van der Waals surface area contributed by atoms with Crippen LogP contribution in [0.3, 0.4) is 0 Å². The molecule has 0 fully saturated rings. The van der Waals surface area contributed by atoms with Crippen LogP contribution in [0.2, 0.25) is 0 Å². The summed E-state index contributed by atoms with van der Waals surface area (Å²) in [4.78, 5) is 0. The Bertz CT molecular complexity index is 1470. The zero-order valence-electron chi connectivity index (χ0n) is 17.2. The van der Waals surface area contributed by atoms with Crippen molar-refractivity contribution in [2.75, 3.05) is 0 Å². The fraction of sp³-hybridized carbons (Fsp3) is 0.111. The molecule has 0 bridgehead atoms. The van der Waals surface area contributed by atoms with Crippen LogP contribution in [0.1, 0.15) is 16.7 Å². The van der Waals surface area contributed by atoms with Crippen LogP contribution in [0.15, 0.2) is 77.3 Å². The Morgan fingerprint density at radius 1 is 0.900 bits per heavy atom. The number of nitrogens with zero attached hydrogens (tertiary/aromatic N) is 2. The highest BCUT2D eigenvalue weighted by Crippen LogP contribution is 2.42. The molecule has 0 N–H and O–H groups in total. The first-order valence-electron chi connectivity index (χ1n) is 9.99. The standard InChI is InChI=1S/C27H21N2O/c1-17-12-13-23(29(3)16-17)24-18(2)14-20(15-28)25-22-11-7-10-21(26(22)30-27(24)25)19-8-5-4-6-9-19/h4-14,16H,1-3H3/q+1. The highest BCUT2D eigenvalue weighted by Gasteiger charge is 2.24. The molecule has 0 aliphatic rings. The zero-order chi connectivity index (χ0) is 20.8. The molecule has 0 saturated carbocycles. The van der Waals surface area contributed by atoms with Crippen molar-refractivity contribution in [2.24, 2.45) is 7.05 Å². The van der Waals surface area contributed by atoms with Crippen LogP contribution in [-0.2, 0) is 7.05 Å². The molecule has 0 saturated heterocycles. The molecule has 30 heavy (non-hydrogen) atoms. The summed E-state index contributed by atoms with van der Waals surface area (Å²) in [5, 5.41) is 11.7. The third kappa shape index (κ3) is 2.69. The molecule has 3 aromatic carbocycles. The zero-order valence-corrected chi connectivity index (χ0v) is 17.2. The van der Waals surface area contributed by atoms with Crippen molar-refractivity contribution in [2.45, 2.75) is 13.8 Å². The maximum Gasteiger partial charge on any atom is 0.216 e. The predicted molar refractivity (Wildman–Crippen MR) is 120 cm³/mol. The fourth-order valence-corrected chi connectivity index (χ4v) is 4.36. The molecule has 0 spiro atoms. The first-order chi connectivity index (χ1) is 14.6. The van der Waals surface area contributed by atoms with Gasteiger partial charge in [0.25, 0.3) is 0 Å². The average molecular weight is 389 g/mol. The molecule has 0 unspecified atom stereocenters. The van der Waals surface area contributed by atoms with Gasteiger partial charge in [0.1, 0.15) is 12.6 Å². The molecule has 0 atom stereocenters. The number of benzene rings is 3. The summed E-state index contributed by atoms with van der Waals surface area (Å²) in [5.41, 5.74) is 8.67. The van der Waals surface area contributed by atoms with E-state index >= 15 is 0 Å². The maximum absolute atomic E-state index is 9.88. The van der Waals surface area contributed by atoms with Crippen LogP contribution in [0.4, 0.5) is 0 Å². The highest BCUT2D eigenvalue weighted by atomic mass is 16.3. The van der Waals surface area contributed by atoms with Crippen molar-refractivity contribution in [1.29, 1.82) is 5.26 Å². The van der Waals surface area contributed by atoms with Gasteiger partial charge >= 0.3 is 0 Å². The van der Waals surface area contributed by atoms with E-state index in [0.717, 1.165) is 49.9 Å². The summed E-state index contributed by atoms with van der Waals surface area (Å²) >= 11 is 0. The van der Waals surface area contributed by atoms with Gasteiger partial charge in [0, 0.05) is 28.0 Å². The van der Waals surface area contributed by atoms with Crippen LogP contribution >= 0.6 is 0 Å². The molecule has 3 heteroatoms. The third-order valence-corrected chi connectivity index (χ3v) is 5.71. The number of hydrogen-bond acceptors (Lipinski definition) is 2. The van der Waals surface area contributed by atoms with E-state index in [9.17, 15) is 5.26 Å². The van der Waals surface area contributed by atoms with Crippen molar-refractivity contribution in [3.63, 3.8) is 0 Å². The van der Waals surface area contributed by atoms with E-state index in [1.807, 2.05) is 50.4 Å². The molecule has 0 aliphatic heterocycles. The summed E-state index contributed by atoms with van der Waals surface area (Å²) in [5.74, 6) is 0. The number of furan rings is 1. The summed E-state index contributed by atoms with van der Waals surface area (Å²) in [6, 6.07) is 25.0. The first kappa shape index (κ1) is 18.1. The minimum absolute atomic E-state index is 0.643. The minimum atomic E-state index is 0.643. The van der Waals surface area contributed by atoms with Gasteiger partial charge in [-0.3, -0.25) is 0 Å². The molecule has 3 nitrogen and oxygen atoms in total. The van der Waals surface area contributed by atoms with E-state index in [4.69, 9.17) is 4.42 Å². The van der Waals surface area contributed by atoms with Gasteiger partial charge in [-0.25, -0.2) is 4.57 Å². The Hall–Kier alpha value is -3.90. The second-order valence-electron chi connectivity index (χ2n) is 7.78. The van der Waals surface area contributed by atoms with Crippen LogP contribution in [0, 0.1) is 25.2 Å². The molecular weight excluding hydrogens is 368 g/mol. The number of fused-ring (bicyclic) bond motifs is 3. The van der Waals surface area contributed by atoms with E-state index in [1.165, 1.54) is 5.56 Å². The lowest BCUT2D eigenvalue weighted by Crippen LogP contribution is -2.31. The molecule has 2 heterocycles. The van der Waals surface area contributed by atoms with Crippen LogP contribution in [-0.4, -0.2) is 0 Å². The van der Waals surface area contributed by atoms with Crippen LogP contribution in [0.25, 0.3) is 44.3 Å². The lowest BCUT2D eigenvalue weighted by atomic mass is 9.95. The van der Waals surface area contributed by atoms with Gasteiger partial charge in [0.2, 0.25) is 5.69 Å². The Kier molecular flexibility index (Phi) is 4.15. The topological polar surface area (TPSA) is 40.8 Å². The maximum atomic E-state index is 9.88. The van der Waals surface area contributed by atoms with Gasteiger partial charge < -0.3 is 4.42 Å². The second kappa shape index (κ2) is 6.86. The van der Waals surface area contributed by atoms with Gasteiger partial charge in [-0.2, -0.15) is 5.26 Å². The monoisotopic (exact) mass is 389 g/mol. The van der Waals surface area contributed by atoms with Crippen LogP contribution in [0.5, 0.6) is 0 Å². The van der Waals surface area contributed by atoms with Crippen LogP contribution < -0.4 is 4.57 Å².